The molecule has 0 aliphatic heterocycles. The zero-order valence-electron chi connectivity index (χ0n) is 14.1. The highest BCUT2D eigenvalue weighted by Crippen LogP contribution is 2.43. The number of nitrogens with zero attached hydrogens (tertiary/aromatic N) is 1. The van der Waals surface area contributed by atoms with Gasteiger partial charge < -0.3 is 5.41 Å². The molecular formula is C22H19FN2. The molecule has 0 amide bonds. The lowest BCUT2D eigenvalue weighted by Gasteiger charge is -2.12. The SMILES string of the molecule is Cc1ccc(-c2cccnc2-c2ccc(F)c(C3CC3)c2)cc1C=N. The van der Waals surface area contributed by atoms with Crippen LogP contribution in [0.1, 0.15) is 35.4 Å². The van der Waals surface area contributed by atoms with E-state index in [0.717, 1.165) is 51.9 Å². The van der Waals surface area contributed by atoms with Gasteiger partial charge in [-0.2, -0.15) is 0 Å². The van der Waals surface area contributed by atoms with E-state index in [4.69, 9.17) is 5.41 Å². The first kappa shape index (κ1) is 15.7. The third kappa shape index (κ3) is 2.98. The van der Waals surface area contributed by atoms with Crippen molar-refractivity contribution < 1.29 is 4.39 Å². The van der Waals surface area contributed by atoms with Crippen LogP contribution in [-0.2, 0) is 0 Å². The Bertz CT molecular complexity index is 958. The summed E-state index contributed by atoms with van der Waals surface area (Å²) in [5, 5.41) is 7.58. The summed E-state index contributed by atoms with van der Waals surface area (Å²) in [6.07, 6.45) is 5.27. The molecule has 2 nitrogen and oxygen atoms in total. The van der Waals surface area contributed by atoms with Crippen LogP contribution >= 0.6 is 0 Å². The fourth-order valence-electron chi connectivity index (χ4n) is 3.23. The normalized spacial score (nSPS) is 13.7. The number of benzene rings is 2. The summed E-state index contributed by atoms with van der Waals surface area (Å²) in [5.74, 6) is 0.237. The first-order chi connectivity index (χ1) is 12.2. The summed E-state index contributed by atoms with van der Waals surface area (Å²) in [7, 11) is 0. The molecule has 1 heterocycles. The van der Waals surface area contributed by atoms with Crippen molar-refractivity contribution >= 4 is 6.21 Å². The van der Waals surface area contributed by atoms with E-state index in [1.807, 2.05) is 43.3 Å². The third-order valence-electron chi connectivity index (χ3n) is 4.84. The molecule has 1 aliphatic rings. The quantitative estimate of drug-likeness (QED) is 0.609. The Labute approximate surface area is 146 Å². The molecule has 3 heteroatoms. The minimum Gasteiger partial charge on any atom is -0.308 e. The van der Waals surface area contributed by atoms with E-state index >= 15 is 0 Å². The van der Waals surface area contributed by atoms with E-state index in [9.17, 15) is 4.39 Å². The Morgan fingerprint density at radius 1 is 1.08 bits per heavy atom. The summed E-state index contributed by atoms with van der Waals surface area (Å²) >= 11 is 0. The van der Waals surface area contributed by atoms with Gasteiger partial charge in [-0.3, -0.25) is 4.98 Å². The summed E-state index contributed by atoms with van der Waals surface area (Å²) in [5.41, 5.74) is 6.58. The van der Waals surface area contributed by atoms with E-state index in [1.54, 1.807) is 18.3 Å². The fraction of sp³-hybridized carbons (Fsp3) is 0.182. The summed E-state index contributed by atoms with van der Waals surface area (Å²) < 4.78 is 14.1. The van der Waals surface area contributed by atoms with Gasteiger partial charge in [-0.05, 0) is 78.3 Å². The Hall–Kier alpha value is -2.81. The Morgan fingerprint density at radius 2 is 1.88 bits per heavy atom. The van der Waals surface area contributed by atoms with Gasteiger partial charge >= 0.3 is 0 Å². The molecule has 0 bridgehead atoms. The van der Waals surface area contributed by atoms with Gasteiger partial charge in [0, 0.05) is 23.5 Å². The highest BCUT2D eigenvalue weighted by molar-refractivity contribution is 5.86. The molecule has 1 N–H and O–H groups in total. The number of halogens is 1. The number of aryl methyl sites for hydroxylation is 1. The lowest BCUT2D eigenvalue weighted by Crippen LogP contribution is -1.94. The molecule has 1 aromatic heterocycles. The number of pyridine rings is 1. The van der Waals surface area contributed by atoms with Crippen molar-refractivity contribution in [2.75, 3.05) is 0 Å². The maximum Gasteiger partial charge on any atom is 0.126 e. The van der Waals surface area contributed by atoms with Crippen LogP contribution in [0, 0.1) is 18.2 Å². The maximum absolute atomic E-state index is 14.1. The van der Waals surface area contributed by atoms with E-state index in [0.29, 0.717) is 5.92 Å². The largest absolute Gasteiger partial charge is 0.308 e. The zero-order chi connectivity index (χ0) is 17.4. The molecule has 0 unspecified atom stereocenters. The standard InChI is InChI=1S/C22H19FN2/c1-14-4-5-16(11-18(14)13-24)19-3-2-10-25-22(19)17-8-9-21(23)20(12-17)15-6-7-15/h2-5,8-13,15,24H,6-7H2,1H3. The van der Waals surface area contributed by atoms with Crippen LogP contribution in [-0.4, -0.2) is 11.2 Å². The molecule has 2 aromatic carbocycles. The topological polar surface area (TPSA) is 36.7 Å². The minimum atomic E-state index is -0.120. The average molecular weight is 330 g/mol. The number of hydrogen-bond acceptors (Lipinski definition) is 2. The summed E-state index contributed by atoms with van der Waals surface area (Å²) in [6, 6.07) is 15.3. The Balaban J connectivity index is 1.85. The molecule has 124 valence electrons. The summed E-state index contributed by atoms with van der Waals surface area (Å²) in [6.45, 7) is 2.00. The lowest BCUT2D eigenvalue weighted by molar-refractivity contribution is 0.611. The zero-order valence-corrected chi connectivity index (χ0v) is 14.1. The van der Waals surface area contributed by atoms with E-state index in [-0.39, 0.29) is 5.82 Å². The van der Waals surface area contributed by atoms with Crippen LogP contribution in [0.2, 0.25) is 0 Å². The van der Waals surface area contributed by atoms with Crippen molar-refractivity contribution in [3.05, 3.63) is 77.2 Å². The second-order valence-electron chi connectivity index (χ2n) is 6.63. The van der Waals surface area contributed by atoms with Gasteiger partial charge in [0.15, 0.2) is 0 Å². The van der Waals surface area contributed by atoms with Crippen molar-refractivity contribution in [3.63, 3.8) is 0 Å². The third-order valence-corrected chi connectivity index (χ3v) is 4.84. The molecule has 4 rings (SSSR count). The molecule has 1 saturated carbocycles. The maximum atomic E-state index is 14.1. The van der Waals surface area contributed by atoms with Crippen molar-refractivity contribution in [1.82, 2.24) is 4.98 Å². The molecular weight excluding hydrogens is 311 g/mol. The van der Waals surface area contributed by atoms with Gasteiger partial charge in [0.05, 0.1) is 5.69 Å². The number of nitrogens with one attached hydrogen (secondary N) is 1. The molecule has 1 aliphatic carbocycles. The molecule has 25 heavy (non-hydrogen) atoms. The van der Waals surface area contributed by atoms with Gasteiger partial charge in [-0.1, -0.05) is 18.2 Å². The van der Waals surface area contributed by atoms with E-state index < -0.39 is 0 Å². The monoisotopic (exact) mass is 330 g/mol. The van der Waals surface area contributed by atoms with E-state index in [1.165, 1.54) is 6.21 Å². The van der Waals surface area contributed by atoms with Crippen LogP contribution in [0.4, 0.5) is 4.39 Å². The predicted molar refractivity (Wildman–Crippen MR) is 99.7 cm³/mol. The van der Waals surface area contributed by atoms with Gasteiger partial charge in [0.25, 0.3) is 0 Å². The highest BCUT2D eigenvalue weighted by atomic mass is 19.1. The van der Waals surface area contributed by atoms with E-state index in [2.05, 4.69) is 4.98 Å². The molecule has 0 atom stereocenters. The van der Waals surface area contributed by atoms with Gasteiger partial charge in [0.2, 0.25) is 0 Å². The molecule has 0 saturated heterocycles. The summed E-state index contributed by atoms with van der Waals surface area (Å²) in [4.78, 5) is 4.57. The molecule has 3 aromatic rings. The van der Waals surface area contributed by atoms with Gasteiger partial charge in [-0.15, -0.1) is 0 Å². The van der Waals surface area contributed by atoms with Crippen molar-refractivity contribution in [3.8, 4) is 22.4 Å². The second kappa shape index (κ2) is 6.25. The van der Waals surface area contributed by atoms with Crippen LogP contribution < -0.4 is 0 Å². The Morgan fingerprint density at radius 3 is 2.64 bits per heavy atom. The molecule has 1 fully saturated rings. The van der Waals surface area contributed by atoms with Gasteiger partial charge in [-0.25, -0.2) is 4.39 Å². The van der Waals surface area contributed by atoms with Crippen molar-refractivity contribution in [2.45, 2.75) is 25.7 Å². The van der Waals surface area contributed by atoms with Crippen molar-refractivity contribution in [1.29, 1.82) is 5.41 Å². The highest BCUT2D eigenvalue weighted by Gasteiger charge is 2.27. The predicted octanol–water partition coefficient (Wildman–Crippen LogP) is 5.74. The lowest BCUT2D eigenvalue weighted by atomic mass is 9.95. The first-order valence-electron chi connectivity index (χ1n) is 8.53. The number of hydrogen-bond donors (Lipinski definition) is 1. The van der Waals surface area contributed by atoms with Gasteiger partial charge in [0.1, 0.15) is 5.82 Å². The van der Waals surface area contributed by atoms with Crippen molar-refractivity contribution in [2.24, 2.45) is 0 Å². The molecule has 0 spiro atoms. The minimum absolute atomic E-state index is 0.120. The number of aromatic nitrogens is 1. The Kier molecular flexibility index (Phi) is 3.92. The number of rotatable bonds is 4. The first-order valence-corrected chi connectivity index (χ1v) is 8.53. The smallest absolute Gasteiger partial charge is 0.126 e. The molecule has 0 radical (unpaired) electrons. The van der Waals surface area contributed by atoms with Crippen LogP contribution in [0.5, 0.6) is 0 Å². The fourth-order valence-corrected chi connectivity index (χ4v) is 3.23. The average Bonchev–Trinajstić information content (AvgIpc) is 3.48. The second-order valence-corrected chi connectivity index (χ2v) is 6.63. The van der Waals surface area contributed by atoms with Crippen LogP contribution in [0.3, 0.4) is 0 Å². The van der Waals surface area contributed by atoms with Crippen LogP contribution in [0.15, 0.2) is 54.7 Å². The van der Waals surface area contributed by atoms with Crippen LogP contribution in [0.25, 0.3) is 22.4 Å².